The van der Waals surface area contributed by atoms with Gasteiger partial charge in [-0.3, -0.25) is 9.59 Å². The van der Waals surface area contributed by atoms with Crippen LogP contribution >= 0.6 is 0 Å². The molecule has 0 unspecified atom stereocenters. The lowest BCUT2D eigenvalue weighted by atomic mass is 10.1. The van der Waals surface area contributed by atoms with Gasteiger partial charge < -0.3 is 10.3 Å². The fraction of sp³-hybridized carbons (Fsp3) is 0.0588. The van der Waals surface area contributed by atoms with Crippen LogP contribution in [-0.4, -0.2) is 17.2 Å². The average molecular weight is 278 g/mol. The summed E-state index contributed by atoms with van der Waals surface area (Å²) in [6.45, 7) is 1.46. The van der Waals surface area contributed by atoms with Gasteiger partial charge in [0, 0.05) is 34.6 Å². The molecule has 0 atom stereocenters. The van der Waals surface area contributed by atoms with E-state index in [0.717, 1.165) is 28.4 Å². The lowest BCUT2D eigenvalue weighted by Crippen LogP contribution is -2.05. The third kappa shape index (κ3) is 2.43. The Balaban J connectivity index is 2.16. The van der Waals surface area contributed by atoms with Gasteiger partial charge in [0.25, 0.3) is 0 Å². The molecule has 0 aliphatic carbocycles. The highest BCUT2D eigenvalue weighted by molar-refractivity contribution is 6.04. The minimum atomic E-state index is -0.126. The number of anilines is 1. The molecule has 4 nitrogen and oxygen atoms in total. The molecule has 4 heteroatoms. The van der Waals surface area contributed by atoms with Crippen molar-refractivity contribution < 1.29 is 9.59 Å². The Morgan fingerprint density at radius 3 is 2.71 bits per heavy atom. The number of aromatic nitrogens is 1. The Bertz CT molecular complexity index is 834. The summed E-state index contributed by atoms with van der Waals surface area (Å²) in [4.78, 5) is 25.9. The van der Waals surface area contributed by atoms with Crippen molar-refractivity contribution in [3.8, 4) is 11.3 Å². The second kappa shape index (κ2) is 5.25. The van der Waals surface area contributed by atoms with Crippen LogP contribution in [0.5, 0.6) is 0 Å². The van der Waals surface area contributed by atoms with Gasteiger partial charge in [0.05, 0.1) is 5.69 Å². The standard InChI is InChI=1S/C17H14N2O2/c1-11(21)18-13-6-4-5-12(9-13)17-15(10-20)14-7-2-3-8-16(14)19-17/h2-10,19H,1H3,(H,18,21). The monoisotopic (exact) mass is 278 g/mol. The van der Waals surface area contributed by atoms with Crippen LogP contribution in [0.4, 0.5) is 5.69 Å². The number of H-pyrrole nitrogens is 1. The number of fused-ring (bicyclic) bond motifs is 1. The SMILES string of the molecule is CC(=O)Nc1cccc(-c2[nH]c3ccccc3c2C=O)c1. The third-order valence-electron chi connectivity index (χ3n) is 3.34. The van der Waals surface area contributed by atoms with Crippen LogP contribution < -0.4 is 5.32 Å². The summed E-state index contributed by atoms with van der Waals surface area (Å²) in [7, 11) is 0. The van der Waals surface area contributed by atoms with Gasteiger partial charge in [0.2, 0.25) is 5.91 Å². The van der Waals surface area contributed by atoms with Gasteiger partial charge in [-0.1, -0.05) is 30.3 Å². The second-order valence-corrected chi connectivity index (χ2v) is 4.84. The molecule has 1 heterocycles. The first-order valence-corrected chi connectivity index (χ1v) is 6.63. The Kier molecular flexibility index (Phi) is 3.28. The van der Waals surface area contributed by atoms with E-state index < -0.39 is 0 Å². The van der Waals surface area contributed by atoms with Crippen LogP contribution in [0.3, 0.4) is 0 Å². The van der Waals surface area contributed by atoms with Gasteiger partial charge in [0.15, 0.2) is 6.29 Å². The fourth-order valence-electron chi connectivity index (χ4n) is 2.47. The number of aromatic amines is 1. The predicted molar refractivity (Wildman–Crippen MR) is 83.4 cm³/mol. The topological polar surface area (TPSA) is 62.0 Å². The molecule has 0 aliphatic heterocycles. The molecule has 0 saturated heterocycles. The molecule has 104 valence electrons. The molecule has 3 aromatic rings. The van der Waals surface area contributed by atoms with Crippen molar-refractivity contribution in [2.75, 3.05) is 5.32 Å². The zero-order valence-corrected chi connectivity index (χ0v) is 11.5. The molecule has 0 fully saturated rings. The number of para-hydroxylation sites is 1. The van der Waals surface area contributed by atoms with Crippen molar-refractivity contribution in [3.63, 3.8) is 0 Å². The van der Waals surface area contributed by atoms with E-state index in [4.69, 9.17) is 0 Å². The molecule has 1 amide bonds. The summed E-state index contributed by atoms with van der Waals surface area (Å²) < 4.78 is 0. The average Bonchev–Trinajstić information content (AvgIpc) is 2.85. The first-order chi connectivity index (χ1) is 10.2. The summed E-state index contributed by atoms with van der Waals surface area (Å²) in [6, 6.07) is 15.1. The molecular formula is C17H14N2O2. The number of aldehydes is 1. The maximum atomic E-state index is 11.4. The van der Waals surface area contributed by atoms with E-state index in [1.165, 1.54) is 6.92 Å². The van der Waals surface area contributed by atoms with Crippen molar-refractivity contribution in [2.24, 2.45) is 0 Å². The van der Waals surface area contributed by atoms with Gasteiger partial charge in [-0.2, -0.15) is 0 Å². The summed E-state index contributed by atoms with van der Waals surface area (Å²) in [5.74, 6) is -0.126. The van der Waals surface area contributed by atoms with Crippen molar-refractivity contribution in [2.45, 2.75) is 6.92 Å². The van der Waals surface area contributed by atoms with Crippen LogP contribution in [0, 0.1) is 0 Å². The molecule has 0 spiro atoms. The van der Waals surface area contributed by atoms with Crippen LogP contribution in [0.1, 0.15) is 17.3 Å². The van der Waals surface area contributed by atoms with Gasteiger partial charge in [0.1, 0.15) is 0 Å². The van der Waals surface area contributed by atoms with Gasteiger partial charge in [-0.15, -0.1) is 0 Å². The molecule has 1 aromatic heterocycles. The molecule has 0 aliphatic rings. The van der Waals surface area contributed by atoms with Gasteiger partial charge >= 0.3 is 0 Å². The van der Waals surface area contributed by atoms with E-state index in [9.17, 15) is 9.59 Å². The zero-order chi connectivity index (χ0) is 14.8. The van der Waals surface area contributed by atoms with Crippen molar-refractivity contribution in [1.82, 2.24) is 4.98 Å². The second-order valence-electron chi connectivity index (χ2n) is 4.84. The number of hydrogen-bond acceptors (Lipinski definition) is 2. The number of carbonyl (C=O) groups is 2. The molecule has 3 rings (SSSR count). The van der Waals surface area contributed by atoms with E-state index in [2.05, 4.69) is 10.3 Å². The molecule has 0 radical (unpaired) electrons. The number of rotatable bonds is 3. The Labute approximate surface area is 121 Å². The number of hydrogen-bond donors (Lipinski definition) is 2. The van der Waals surface area contributed by atoms with E-state index in [1.54, 1.807) is 0 Å². The summed E-state index contributed by atoms with van der Waals surface area (Å²) in [5, 5.41) is 3.64. The number of benzene rings is 2. The summed E-state index contributed by atoms with van der Waals surface area (Å²) in [6.07, 6.45) is 0.860. The molecule has 0 bridgehead atoms. The number of carbonyl (C=O) groups excluding carboxylic acids is 2. The van der Waals surface area contributed by atoms with E-state index in [1.807, 2.05) is 48.5 Å². The molecule has 2 N–H and O–H groups in total. The maximum Gasteiger partial charge on any atom is 0.221 e. The quantitative estimate of drug-likeness (QED) is 0.719. The highest BCUT2D eigenvalue weighted by Crippen LogP contribution is 2.30. The van der Waals surface area contributed by atoms with Crippen LogP contribution in [0.2, 0.25) is 0 Å². The minimum Gasteiger partial charge on any atom is -0.354 e. The van der Waals surface area contributed by atoms with Gasteiger partial charge in [-0.25, -0.2) is 0 Å². The fourth-order valence-corrected chi connectivity index (χ4v) is 2.47. The Morgan fingerprint density at radius 1 is 1.14 bits per heavy atom. The smallest absolute Gasteiger partial charge is 0.221 e. The van der Waals surface area contributed by atoms with Crippen LogP contribution in [0.25, 0.3) is 22.2 Å². The van der Waals surface area contributed by atoms with Gasteiger partial charge in [-0.05, 0) is 18.2 Å². The van der Waals surface area contributed by atoms with Crippen LogP contribution in [0.15, 0.2) is 48.5 Å². The van der Waals surface area contributed by atoms with E-state index >= 15 is 0 Å². The van der Waals surface area contributed by atoms with E-state index in [0.29, 0.717) is 11.3 Å². The molecule has 0 saturated carbocycles. The highest BCUT2D eigenvalue weighted by Gasteiger charge is 2.12. The van der Waals surface area contributed by atoms with Crippen molar-refractivity contribution >= 4 is 28.8 Å². The largest absolute Gasteiger partial charge is 0.354 e. The number of nitrogens with one attached hydrogen (secondary N) is 2. The third-order valence-corrected chi connectivity index (χ3v) is 3.34. The minimum absolute atomic E-state index is 0.126. The Morgan fingerprint density at radius 2 is 1.95 bits per heavy atom. The van der Waals surface area contributed by atoms with Crippen molar-refractivity contribution in [1.29, 1.82) is 0 Å². The lowest BCUT2D eigenvalue weighted by molar-refractivity contribution is -0.114. The number of amides is 1. The summed E-state index contributed by atoms with van der Waals surface area (Å²) >= 11 is 0. The Hall–Kier alpha value is -2.88. The van der Waals surface area contributed by atoms with Crippen LogP contribution in [-0.2, 0) is 4.79 Å². The molecule has 21 heavy (non-hydrogen) atoms. The van der Waals surface area contributed by atoms with Crippen molar-refractivity contribution in [3.05, 3.63) is 54.1 Å². The van der Waals surface area contributed by atoms with E-state index in [-0.39, 0.29) is 5.91 Å². The first-order valence-electron chi connectivity index (χ1n) is 6.63. The highest BCUT2D eigenvalue weighted by atomic mass is 16.1. The predicted octanol–water partition coefficient (Wildman–Crippen LogP) is 3.61. The lowest BCUT2D eigenvalue weighted by Gasteiger charge is -2.05. The maximum absolute atomic E-state index is 11.4. The zero-order valence-electron chi connectivity index (χ0n) is 11.5. The molecule has 2 aromatic carbocycles. The normalized spacial score (nSPS) is 10.5. The summed E-state index contributed by atoms with van der Waals surface area (Å²) in [5.41, 5.74) is 3.87. The molecular weight excluding hydrogens is 264 g/mol. The first kappa shape index (κ1) is 13.1.